The fraction of sp³-hybridized carbons (Fsp3) is 0.400. The standard InChI is InChI=1S/C25H22Cl2F3N3O3/c1-32(19-5-4-16(26)12-31-19)23(34)14-6-8-33(9-7-14)24(35)22-20(27)17-10-15(13-2-3-13)11-18(21(17)36-22)25(28,29)30/h4-5,10-14H,2-3,6-9H2,1H3. The van der Waals surface area contributed by atoms with Crippen molar-refractivity contribution in [1.82, 2.24) is 9.88 Å². The maximum atomic E-state index is 13.8. The van der Waals surface area contributed by atoms with E-state index in [0.29, 0.717) is 29.2 Å². The van der Waals surface area contributed by atoms with Gasteiger partial charge in [-0.15, -0.1) is 0 Å². The zero-order valence-electron chi connectivity index (χ0n) is 19.2. The molecule has 3 aromatic rings. The Hall–Kier alpha value is -2.78. The highest BCUT2D eigenvalue weighted by molar-refractivity contribution is 6.38. The second-order valence-electron chi connectivity index (χ2n) is 9.26. The third-order valence-electron chi connectivity index (χ3n) is 6.82. The summed E-state index contributed by atoms with van der Waals surface area (Å²) in [5, 5.41) is 0.440. The Morgan fingerprint density at radius 1 is 1.11 bits per heavy atom. The molecule has 2 aromatic heterocycles. The lowest BCUT2D eigenvalue weighted by Gasteiger charge is -2.32. The van der Waals surface area contributed by atoms with E-state index in [1.54, 1.807) is 25.2 Å². The molecule has 5 rings (SSSR count). The van der Waals surface area contributed by atoms with Crippen LogP contribution in [0.15, 0.2) is 34.9 Å². The van der Waals surface area contributed by atoms with Crippen LogP contribution in [0.4, 0.5) is 19.0 Å². The molecule has 1 aromatic carbocycles. The highest BCUT2D eigenvalue weighted by Crippen LogP contribution is 2.47. The van der Waals surface area contributed by atoms with Crippen LogP contribution in [-0.4, -0.2) is 41.8 Å². The minimum absolute atomic E-state index is 0.0680. The number of carbonyl (C=O) groups is 2. The number of hydrogen-bond donors (Lipinski definition) is 0. The second-order valence-corrected chi connectivity index (χ2v) is 10.1. The van der Waals surface area contributed by atoms with Crippen molar-refractivity contribution in [1.29, 1.82) is 0 Å². The van der Waals surface area contributed by atoms with Crippen molar-refractivity contribution in [3.8, 4) is 0 Å². The molecule has 0 atom stereocenters. The number of nitrogens with zero attached hydrogens (tertiary/aromatic N) is 3. The van der Waals surface area contributed by atoms with Crippen LogP contribution in [0.2, 0.25) is 10.0 Å². The van der Waals surface area contributed by atoms with Crippen molar-refractivity contribution in [2.24, 2.45) is 5.92 Å². The fourth-order valence-corrected chi connectivity index (χ4v) is 4.99. The number of aromatic nitrogens is 1. The van der Waals surface area contributed by atoms with Crippen LogP contribution in [-0.2, 0) is 11.0 Å². The van der Waals surface area contributed by atoms with Gasteiger partial charge in [-0.05, 0) is 61.4 Å². The molecule has 0 spiro atoms. The highest BCUT2D eigenvalue weighted by atomic mass is 35.5. The van der Waals surface area contributed by atoms with Crippen LogP contribution in [0.5, 0.6) is 0 Å². The number of furan rings is 1. The Bertz CT molecular complexity index is 1330. The molecule has 190 valence electrons. The third-order valence-corrected chi connectivity index (χ3v) is 7.42. The molecule has 2 amide bonds. The molecular formula is C25H22Cl2F3N3O3. The third kappa shape index (κ3) is 4.66. The van der Waals surface area contributed by atoms with E-state index in [2.05, 4.69) is 4.98 Å². The molecule has 1 aliphatic heterocycles. The van der Waals surface area contributed by atoms with E-state index in [0.717, 1.165) is 18.9 Å². The van der Waals surface area contributed by atoms with Crippen molar-refractivity contribution in [3.05, 3.63) is 57.4 Å². The topological polar surface area (TPSA) is 66.7 Å². The van der Waals surface area contributed by atoms with E-state index in [9.17, 15) is 22.8 Å². The number of halogens is 5. The van der Waals surface area contributed by atoms with Gasteiger partial charge in [-0.2, -0.15) is 13.2 Å². The van der Waals surface area contributed by atoms with Crippen LogP contribution in [0, 0.1) is 5.92 Å². The van der Waals surface area contributed by atoms with Gasteiger partial charge in [-0.25, -0.2) is 4.98 Å². The molecule has 6 nitrogen and oxygen atoms in total. The van der Waals surface area contributed by atoms with Crippen molar-refractivity contribution >= 4 is 51.8 Å². The number of carbonyl (C=O) groups excluding carboxylic acids is 2. The summed E-state index contributed by atoms with van der Waals surface area (Å²) < 4.78 is 46.7. The second kappa shape index (κ2) is 9.27. The number of rotatable bonds is 4. The van der Waals surface area contributed by atoms with Crippen molar-refractivity contribution in [3.63, 3.8) is 0 Å². The molecule has 11 heteroatoms. The van der Waals surface area contributed by atoms with Gasteiger partial charge in [0.05, 0.1) is 15.6 Å². The predicted molar refractivity (Wildman–Crippen MR) is 129 cm³/mol. The molecule has 0 radical (unpaired) electrons. The lowest BCUT2D eigenvalue weighted by molar-refractivity contribution is -0.137. The van der Waals surface area contributed by atoms with Crippen LogP contribution >= 0.6 is 23.2 Å². The first-order valence-electron chi connectivity index (χ1n) is 11.6. The molecule has 0 bridgehead atoms. The first-order valence-corrected chi connectivity index (χ1v) is 12.3. The average molecular weight is 540 g/mol. The average Bonchev–Trinajstić information content (AvgIpc) is 3.66. The monoisotopic (exact) mass is 539 g/mol. The van der Waals surface area contributed by atoms with Crippen LogP contribution < -0.4 is 4.90 Å². The molecule has 0 N–H and O–H groups in total. The van der Waals surface area contributed by atoms with Crippen LogP contribution in [0.25, 0.3) is 11.0 Å². The van der Waals surface area contributed by atoms with Gasteiger partial charge < -0.3 is 9.32 Å². The number of piperidine rings is 1. The Morgan fingerprint density at radius 3 is 2.39 bits per heavy atom. The van der Waals surface area contributed by atoms with Crippen molar-refractivity contribution in [2.75, 3.05) is 25.0 Å². The smallest absolute Gasteiger partial charge is 0.420 e. The molecule has 36 heavy (non-hydrogen) atoms. The predicted octanol–water partition coefficient (Wildman–Crippen LogP) is 6.55. The first kappa shape index (κ1) is 24.9. The van der Waals surface area contributed by atoms with Gasteiger partial charge in [0.25, 0.3) is 5.91 Å². The number of hydrogen-bond acceptors (Lipinski definition) is 4. The summed E-state index contributed by atoms with van der Waals surface area (Å²) in [5.74, 6) is -0.837. The molecular weight excluding hydrogens is 518 g/mol. The van der Waals surface area contributed by atoms with E-state index in [1.807, 2.05) is 0 Å². The molecule has 1 aliphatic carbocycles. The van der Waals surface area contributed by atoms with Gasteiger partial charge in [0.15, 0.2) is 0 Å². The molecule has 2 fully saturated rings. The SMILES string of the molecule is CN(C(=O)C1CCN(C(=O)c2oc3c(C(F)(F)F)cc(C4CC4)cc3c2Cl)CC1)c1ccc(Cl)cn1. The largest absolute Gasteiger partial charge is 0.449 e. The summed E-state index contributed by atoms with van der Waals surface area (Å²) in [6.45, 7) is 0.480. The van der Waals surface area contributed by atoms with Crippen LogP contribution in [0.3, 0.4) is 0 Å². The molecule has 0 unspecified atom stereocenters. The van der Waals surface area contributed by atoms with Crippen molar-refractivity contribution < 1.29 is 27.2 Å². The van der Waals surface area contributed by atoms with E-state index in [-0.39, 0.29) is 47.0 Å². The lowest BCUT2D eigenvalue weighted by Crippen LogP contribution is -2.43. The summed E-state index contributed by atoms with van der Waals surface area (Å²) in [4.78, 5) is 33.2. The first-order chi connectivity index (χ1) is 17.0. The van der Waals surface area contributed by atoms with Gasteiger partial charge in [0.2, 0.25) is 11.7 Å². The summed E-state index contributed by atoms with van der Waals surface area (Å²) in [7, 11) is 1.62. The van der Waals surface area contributed by atoms with Gasteiger partial charge in [0, 0.05) is 37.6 Å². The number of amides is 2. The van der Waals surface area contributed by atoms with Gasteiger partial charge >= 0.3 is 6.18 Å². The van der Waals surface area contributed by atoms with Gasteiger partial charge in [0.1, 0.15) is 11.4 Å². The maximum absolute atomic E-state index is 13.8. The number of fused-ring (bicyclic) bond motifs is 1. The number of likely N-dealkylation sites (tertiary alicyclic amines) is 1. The Kier molecular flexibility index (Phi) is 6.41. The van der Waals surface area contributed by atoms with Gasteiger partial charge in [-0.3, -0.25) is 14.5 Å². The fourth-order valence-electron chi connectivity index (χ4n) is 4.62. The van der Waals surface area contributed by atoms with Crippen LogP contribution in [0.1, 0.15) is 53.3 Å². The van der Waals surface area contributed by atoms with E-state index in [1.165, 1.54) is 16.0 Å². The number of anilines is 1. The van der Waals surface area contributed by atoms with E-state index >= 15 is 0 Å². The lowest BCUT2D eigenvalue weighted by atomic mass is 9.95. The van der Waals surface area contributed by atoms with E-state index in [4.69, 9.17) is 27.6 Å². The maximum Gasteiger partial charge on any atom is 0.420 e. The van der Waals surface area contributed by atoms with Gasteiger partial charge in [-0.1, -0.05) is 23.2 Å². The summed E-state index contributed by atoms with van der Waals surface area (Å²) >= 11 is 12.3. The Balaban J connectivity index is 1.33. The summed E-state index contributed by atoms with van der Waals surface area (Å²) in [6, 6.07) is 5.98. The molecule has 2 aliphatic rings. The highest BCUT2D eigenvalue weighted by Gasteiger charge is 2.39. The number of benzene rings is 1. The zero-order chi connectivity index (χ0) is 25.8. The molecule has 3 heterocycles. The van der Waals surface area contributed by atoms with E-state index < -0.39 is 23.2 Å². The Labute approximate surface area is 214 Å². The molecule has 1 saturated heterocycles. The quantitative estimate of drug-likeness (QED) is 0.377. The Morgan fingerprint density at radius 2 is 1.81 bits per heavy atom. The minimum atomic E-state index is -4.64. The summed E-state index contributed by atoms with van der Waals surface area (Å²) in [5.41, 5.74) is -0.802. The number of pyridine rings is 1. The van der Waals surface area contributed by atoms with Crippen molar-refractivity contribution in [2.45, 2.75) is 37.8 Å². The number of alkyl halides is 3. The zero-order valence-corrected chi connectivity index (χ0v) is 20.8. The molecule has 1 saturated carbocycles. The summed E-state index contributed by atoms with van der Waals surface area (Å²) in [6.07, 6.45) is -0.771. The normalized spacial score (nSPS) is 17.0. The minimum Gasteiger partial charge on any atom is -0.449 e.